The number of amides is 1. The normalized spacial score (nSPS) is 16.8. The fourth-order valence-electron chi connectivity index (χ4n) is 2.83. The molecule has 1 aromatic rings. The van der Waals surface area contributed by atoms with Crippen LogP contribution in [0.4, 0.5) is 0 Å². The zero-order chi connectivity index (χ0) is 14.9. The van der Waals surface area contributed by atoms with E-state index in [4.69, 9.17) is 0 Å². The van der Waals surface area contributed by atoms with E-state index in [0.29, 0.717) is 18.9 Å². The molecule has 1 unspecified atom stereocenters. The number of hydrogen-bond acceptors (Lipinski definition) is 2. The second-order valence-corrected chi connectivity index (χ2v) is 5.76. The molecule has 0 spiro atoms. The largest absolute Gasteiger partial charge is 0.339 e. The van der Waals surface area contributed by atoms with E-state index in [0.717, 1.165) is 32.5 Å². The lowest BCUT2D eigenvalue weighted by atomic mass is 10.0. The van der Waals surface area contributed by atoms with Gasteiger partial charge >= 0.3 is 0 Å². The van der Waals surface area contributed by atoms with E-state index in [1.165, 1.54) is 12.0 Å². The third-order valence-electron chi connectivity index (χ3n) is 4.14. The Morgan fingerprint density at radius 1 is 1.36 bits per heavy atom. The molecule has 22 heavy (non-hydrogen) atoms. The fraction of sp³-hybridized carbons (Fsp3) is 0.500. The Bertz CT molecular complexity index is 444. The van der Waals surface area contributed by atoms with Gasteiger partial charge in [-0.2, -0.15) is 0 Å². The molecule has 1 aromatic carbocycles. The van der Waals surface area contributed by atoms with Gasteiger partial charge in [0.15, 0.2) is 0 Å². The van der Waals surface area contributed by atoms with Crippen molar-refractivity contribution in [2.45, 2.75) is 25.7 Å². The van der Waals surface area contributed by atoms with Crippen LogP contribution in [0.15, 0.2) is 43.0 Å². The molecule has 1 saturated heterocycles. The second kappa shape index (κ2) is 10.4. The van der Waals surface area contributed by atoms with E-state index < -0.39 is 0 Å². The molecule has 1 amide bonds. The first-order valence-corrected chi connectivity index (χ1v) is 7.93. The highest BCUT2D eigenvalue weighted by Crippen LogP contribution is 2.15. The first-order chi connectivity index (χ1) is 10.3. The zero-order valence-electron chi connectivity index (χ0n) is 13.2. The van der Waals surface area contributed by atoms with Crippen LogP contribution in [0.3, 0.4) is 0 Å². The lowest BCUT2D eigenvalue weighted by Gasteiger charge is -2.22. The summed E-state index contributed by atoms with van der Waals surface area (Å²) in [5, 5.41) is 3.36. The summed E-state index contributed by atoms with van der Waals surface area (Å²) in [6.45, 7) is 7.36. The van der Waals surface area contributed by atoms with Crippen LogP contribution in [0, 0.1) is 5.92 Å². The van der Waals surface area contributed by atoms with Gasteiger partial charge in [-0.15, -0.1) is 19.0 Å². The van der Waals surface area contributed by atoms with Gasteiger partial charge in [0.2, 0.25) is 5.91 Å². The molecule has 1 heterocycles. The average Bonchev–Trinajstić information content (AvgIpc) is 3.03. The van der Waals surface area contributed by atoms with Crippen molar-refractivity contribution in [1.29, 1.82) is 0 Å². The second-order valence-electron chi connectivity index (χ2n) is 5.76. The summed E-state index contributed by atoms with van der Waals surface area (Å²) in [4.78, 5) is 14.3. The number of nitrogens with zero attached hydrogens (tertiary/aromatic N) is 1. The highest BCUT2D eigenvalue weighted by atomic mass is 35.5. The molecule has 1 fully saturated rings. The number of carbonyl (C=O) groups is 1. The van der Waals surface area contributed by atoms with Crippen molar-refractivity contribution in [3.05, 3.63) is 48.6 Å². The third kappa shape index (κ3) is 6.20. The van der Waals surface area contributed by atoms with Crippen LogP contribution in [0.2, 0.25) is 0 Å². The van der Waals surface area contributed by atoms with Crippen LogP contribution in [-0.2, 0) is 11.2 Å². The molecule has 0 saturated carbocycles. The summed E-state index contributed by atoms with van der Waals surface area (Å²) < 4.78 is 0. The molecule has 122 valence electrons. The number of hydrogen-bond donors (Lipinski definition) is 1. The van der Waals surface area contributed by atoms with E-state index >= 15 is 0 Å². The van der Waals surface area contributed by atoms with Gasteiger partial charge in [-0.25, -0.2) is 0 Å². The van der Waals surface area contributed by atoms with E-state index in [1.54, 1.807) is 0 Å². The Kier molecular flexibility index (Phi) is 8.86. The van der Waals surface area contributed by atoms with Gasteiger partial charge in [-0.3, -0.25) is 4.79 Å². The highest BCUT2D eigenvalue weighted by molar-refractivity contribution is 5.85. The summed E-state index contributed by atoms with van der Waals surface area (Å²) in [5.74, 6) is 0.936. The maximum atomic E-state index is 12.4. The minimum atomic E-state index is 0. The predicted molar refractivity (Wildman–Crippen MR) is 94.4 cm³/mol. The van der Waals surface area contributed by atoms with Gasteiger partial charge in [-0.05, 0) is 43.8 Å². The zero-order valence-corrected chi connectivity index (χ0v) is 14.0. The first-order valence-electron chi connectivity index (χ1n) is 7.93. The highest BCUT2D eigenvalue weighted by Gasteiger charge is 2.18. The summed E-state index contributed by atoms with van der Waals surface area (Å²) in [6.07, 6.45) is 5.60. The quantitative estimate of drug-likeness (QED) is 0.746. The molecule has 0 aromatic heterocycles. The molecule has 0 aliphatic carbocycles. The Labute approximate surface area is 140 Å². The third-order valence-corrected chi connectivity index (χ3v) is 4.14. The van der Waals surface area contributed by atoms with E-state index in [-0.39, 0.29) is 18.3 Å². The van der Waals surface area contributed by atoms with E-state index in [1.807, 2.05) is 29.2 Å². The van der Waals surface area contributed by atoms with Crippen LogP contribution in [-0.4, -0.2) is 37.0 Å². The van der Waals surface area contributed by atoms with Crippen molar-refractivity contribution >= 4 is 18.3 Å². The summed E-state index contributed by atoms with van der Waals surface area (Å²) >= 11 is 0. The van der Waals surface area contributed by atoms with Crippen molar-refractivity contribution in [2.24, 2.45) is 5.92 Å². The van der Waals surface area contributed by atoms with Crippen molar-refractivity contribution in [1.82, 2.24) is 10.2 Å². The smallest absolute Gasteiger partial charge is 0.222 e. The fourth-order valence-corrected chi connectivity index (χ4v) is 2.83. The monoisotopic (exact) mass is 322 g/mol. The number of benzene rings is 1. The minimum Gasteiger partial charge on any atom is -0.339 e. The topological polar surface area (TPSA) is 32.3 Å². The molecule has 1 N–H and O–H groups in total. The molecular weight excluding hydrogens is 296 g/mol. The maximum absolute atomic E-state index is 12.4. The summed E-state index contributed by atoms with van der Waals surface area (Å²) in [6, 6.07) is 10.3. The van der Waals surface area contributed by atoms with Gasteiger partial charge in [0.1, 0.15) is 0 Å². The van der Waals surface area contributed by atoms with Gasteiger partial charge in [0.05, 0.1) is 0 Å². The van der Waals surface area contributed by atoms with Crippen molar-refractivity contribution in [3.8, 4) is 0 Å². The van der Waals surface area contributed by atoms with Gasteiger partial charge < -0.3 is 10.2 Å². The van der Waals surface area contributed by atoms with Crippen molar-refractivity contribution < 1.29 is 4.79 Å². The molecule has 3 nitrogen and oxygen atoms in total. The van der Waals surface area contributed by atoms with E-state index in [9.17, 15) is 4.79 Å². The number of nitrogens with one attached hydrogen (secondary N) is 1. The molecule has 1 aliphatic rings. The molecule has 0 radical (unpaired) electrons. The Morgan fingerprint density at radius 3 is 2.77 bits per heavy atom. The van der Waals surface area contributed by atoms with Gasteiger partial charge in [0, 0.05) is 19.5 Å². The summed E-state index contributed by atoms with van der Waals surface area (Å²) in [7, 11) is 0. The van der Waals surface area contributed by atoms with Crippen molar-refractivity contribution in [2.75, 3.05) is 26.2 Å². The Hall–Kier alpha value is -1.32. The van der Waals surface area contributed by atoms with Crippen LogP contribution in [0.5, 0.6) is 0 Å². The Morgan fingerprint density at radius 2 is 2.14 bits per heavy atom. The molecule has 4 heteroatoms. The average molecular weight is 323 g/mol. The summed E-state index contributed by atoms with van der Waals surface area (Å²) in [5.41, 5.74) is 1.28. The molecule has 1 aliphatic heterocycles. The maximum Gasteiger partial charge on any atom is 0.222 e. The Balaban J connectivity index is 0.00000242. The molecule has 1 atom stereocenters. The van der Waals surface area contributed by atoms with Crippen molar-refractivity contribution in [3.63, 3.8) is 0 Å². The number of rotatable bonds is 8. The number of carbonyl (C=O) groups excluding carboxylic acids is 1. The first kappa shape index (κ1) is 18.7. The molecule has 2 rings (SSSR count). The van der Waals surface area contributed by atoms with Gasteiger partial charge in [-0.1, -0.05) is 36.4 Å². The van der Waals surface area contributed by atoms with Crippen LogP contribution >= 0.6 is 12.4 Å². The standard InChI is InChI=1S/C18H26N2O.ClH/c1-2-13-20(14-11-16-6-4-3-5-7-16)18(21)9-8-17-10-12-19-15-17;/h2-7,17,19H,1,8-15H2;1H. The number of halogens is 1. The van der Waals surface area contributed by atoms with Crippen LogP contribution < -0.4 is 5.32 Å². The molecule has 0 bridgehead atoms. The molecular formula is C18H27ClN2O. The SMILES string of the molecule is C=CCN(CCc1ccccc1)C(=O)CCC1CCNC1.Cl. The minimum absolute atomic E-state index is 0. The lowest BCUT2D eigenvalue weighted by Crippen LogP contribution is -2.33. The van der Waals surface area contributed by atoms with Gasteiger partial charge in [0.25, 0.3) is 0 Å². The van der Waals surface area contributed by atoms with Crippen LogP contribution in [0.25, 0.3) is 0 Å². The van der Waals surface area contributed by atoms with Crippen LogP contribution in [0.1, 0.15) is 24.8 Å². The lowest BCUT2D eigenvalue weighted by molar-refractivity contribution is -0.131. The predicted octanol–water partition coefficient (Wildman–Crippen LogP) is 3.06. The van der Waals surface area contributed by atoms with E-state index in [2.05, 4.69) is 24.0 Å².